The Morgan fingerprint density at radius 1 is 1.24 bits per heavy atom. The average Bonchev–Trinajstić information content (AvgIpc) is 3.24. The summed E-state index contributed by atoms with van der Waals surface area (Å²) in [5, 5.41) is 3.87. The van der Waals surface area contributed by atoms with Crippen LogP contribution in [0.25, 0.3) is 0 Å². The molecule has 1 aromatic rings. The molecule has 9 heteroatoms. The van der Waals surface area contributed by atoms with Gasteiger partial charge < -0.3 is 9.57 Å². The number of hydrogen-bond donors (Lipinski definition) is 0. The molecule has 3 atom stereocenters. The molecule has 2 fully saturated rings. The molecule has 1 saturated carbocycles. The summed E-state index contributed by atoms with van der Waals surface area (Å²) in [5.41, 5.74) is 1.10. The number of benzene rings is 1. The highest BCUT2D eigenvalue weighted by Gasteiger charge is 2.85. The first-order valence-electron chi connectivity index (χ1n) is 11.0. The van der Waals surface area contributed by atoms with Crippen molar-refractivity contribution in [2.75, 3.05) is 32.8 Å². The van der Waals surface area contributed by atoms with Gasteiger partial charge in [0.1, 0.15) is 11.9 Å². The maximum atomic E-state index is 13.6. The number of piperidine rings is 1. The van der Waals surface area contributed by atoms with E-state index in [1.165, 1.54) is 30.9 Å². The highest BCUT2D eigenvalue weighted by atomic mass is 32.2. The largest absolute Gasteiger partial charge is 0.464 e. The Kier molecular flexibility index (Phi) is 7.84. The van der Waals surface area contributed by atoms with E-state index in [4.69, 9.17) is 9.57 Å². The van der Waals surface area contributed by atoms with Crippen LogP contribution in [0.15, 0.2) is 29.4 Å². The van der Waals surface area contributed by atoms with Crippen LogP contribution in [0.1, 0.15) is 38.3 Å². The summed E-state index contributed by atoms with van der Waals surface area (Å²) in [4.78, 5) is 45.5. The monoisotopic (exact) mass is 492 g/mol. The van der Waals surface area contributed by atoms with E-state index in [-0.39, 0.29) is 28.9 Å². The third-order valence-corrected chi connectivity index (χ3v) is 9.22. The number of nitrogens with zero attached hydrogens (tertiary/aromatic N) is 2. The predicted molar refractivity (Wildman–Crippen MR) is 132 cm³/mol. The number of ether oxygens (including phenoxy) is 1. The van der Waals surface area contributed by atoms with E-state index in [0.29, 0.717) is 23.8 Å². The van der Waals surface area contributed by atoms with Crippen molar-refractivity contribution >= 4 is 47.0 Å². The summed E-state index contributed by atoms with van der Waals surface area (Å²) in [6, 6.07) is 7.37. The Bertz CT molecular complexity index is 966. The van der Waals surface area contributed by atoms with Crippen molar-refractivity contribution in [1.29, 1.82) is 0 Å². The second kappa shape index (κ2) is 10.1. The normalized spacial score (nSPS) is 26.6. The van der Waals surface area contributed by atoms with Crippen LogP contribution in [0, 0.1) is 17.3 Å². The molecular weight excluding hydrogens is 460 g/mol. The molecule has 1 heterocycles. The van der Waals surface area contributed by atoms with Crippen molar-refractivity contribution in [3.05, 3.63) is 35.4 Å². The number of fused-ring (bicyclic) bond motifs is 1. The van der Waals surface area contributed by atoms with Crippen molar-refractivity contribution in [2.45, 2.75) is 37.7 Å². The molecule has 3 unspecified atom stereocenters. The third-order valence-electron chi connectivity index (χ3n) is 6.55. The first-order valence-corrected chi connectivity index (χ1v) is 13.3. The van der Waals surface area contributed by atoms with Gasteiger partial charge in [0.15, 0.2) is 5.71 Å². The van der Waals surface area contributed by atoms with Gasteiger partial charge in [-0.25, -0.2) is 4.79 Å². The second-order valence-corrected chi connectivity index (χ2v) is 11.1. The molecule has 1 saturated heterocycles. The third kappa shape index (κ3) is 4.30. The number of amides is 2. The highest BCUT2D eigenvalue weighted by Crippen LogP contribution is 2.74. The molecule has 2 amide bonds. The van der Waals surface area contributed by atoms with Crippen LogP contribution in [-0.2, 0) is 29.7 Å². The van der Waals surface area contributed by atoms with Gasteiger partial charge in [0.05, 0.1) is 13.0 Å². The molecule has 0 aromatic heterocycles. The van der Waals surface area contributed by atoms with Crippen LogP contribution in [-0.4, -0.2) is 65.9 Å². The number of hydrogen-bond acceptors (Lipinski definition) is 8. The topological polar surface area (TPSA) is 85.3 Å². The van der Waals surface area contributed by atoms with Gasteiger partial charge in [-0.05, 0) is 24.2 Å². The van der Waals surface area contributed by atoms with Crippen LogP contribution in [0.3, 0.4) is 0 Å². The quantitative estimate of drug-likeness (QED) is 0.202. The molecule has 0 N–H and O–H groups in total. The van der Waals surface area contributed by atoms with Crippen LogP contribution in [0.2, 0.25) is 0 Å². The van der Waals surface area contributed by atoms with Crippen molar-refractivity contribution in [1.82, 2.24) is 4.90 Å². The molecule has 2 aliphatic rings. The first-order chi connectivity index (χ1) is 15.7. The zero-order chi connectivity index (χ0) is 24.4. The standard InChI is InChI=1S/C24H32N2O5S2/c1-15(2)11-12-26-20(27)19-23(3,14-32-6)24(19,22(26)29)33-13-16-9-7-8-10-17(16)18(25-31-5)21(28)30-4/h7-10,15,19H,11-14H2,1-6H3. The number of methoxy groups -OCH3 is 1. The maximum Gasteiger partial charge on any atom is 0.360 e. The van der Waals surface area contributed by atoms with E-state index < -0.39 is 10.7 Å². The fraction of sp³-hybridized carbons (Fsp3) is 0.583. The van der Waals surface area contributed by atoms with E-state index >= 15 is 0 Å². The van der Waals surface area contributed by atoms with Crippen molar-refractivity contribution in [3.8, 4) is 0 Å². The minimum atomic E-state index is -0.777. The number of imide groups is 1. The first kappa shape index (κ1) is 25.6. The van der Waals surface area contributed by atoms with Gasteiger partial charge in [-0.2, -0.15) is 11.8 Å². The number of likely N-dealkylation sites (tertiary alicyclic amines) is 1. The lowest BCUT2D eigenvalue weighted by molar-refractivity contribution is -0.142. The maximum absolute atomic E-state index is 13.6. The molecule has 1 aromatic carbocycles. The lowest BCUT2D eigenvalue weighted by atomic mass is 10.0. The zero-order valence-corrected chi connectivity index (χ0v) is 21.7. The minimum Gasteiger partial charge on any atom is -0.464 e. The molecule has 1 aliphatic heterocycles. The Balaban J connectivity index is 1.91. The van der Waals surface area contributed by atoms with Gasteiger partial charge >= 0.3 is 5.97 Å². The van der Waals surface area contributed by atoms with Gasteiger partial charge in [0.25, 0.3) is 0 Å². The number of oxime groups is 1. The zero-order valence-electron chi connectivity index (χ0n) is 20.0. The second-order valence-electron chi connectivity index (χ2n) is 9.06. The fourth-order valence-corrected chi connectivity index (χ4v) is 7.71. The average molecular weight is 493 g/mol. The van der Waals surface area contributed by atoms with E-state index in [1.54, 1.807) is 17.8 Å². The molecule has 0 bridgehead atoms. The molecule has 7 nitrogen and oxygen atoms in total. The van der Waals surface area contributed by atoms with Gasteiger partial charge in [0, 0.05) is 29.0 Å². The molecule has 180 valence electrons. The van der Waals surface area contributed by atoms with Crippen molar-refractivity contribution < 1.29 is 24.0 Å². The lowest BCUT2D eigenvalue weighted by Crippen LogP contribution is -2.42. The molecular formula is C24H32N2O5S2. The fourth-order valence-electron chi connectivity index (χ4n) is 4.77. The van der Waals surface area contributed by atoms with Crippen LogP contribution in [0.5, 0.6) is 0 Å². The molecule has 0 radical (unpaired) electrons. The van der Waals surface area contributed by atoms with Gasteiger partial charge in [-0.3, -0.25) is 14.5 Å². The van der Waals surface area contributed by atoms with Gasteiger partial charge in [-0.1, -0.05) is 50.2 Å². The Morgan fingerprint density at radius 3 is 2.55 bits per heavy atom. The summed E-state index contributed by atoms with van der Waals surface area (Å²) in [6.07, 6.45) is 2.80. The van der Waals surface area contributed by atoms with Crippen LogP contribution >= 0.6 is 23.5 Å². The van der Waals surface area contributed by atoms with E-state index in [0.717, 1.165) is 17.7 Å². The number of esters is 1. The number of carbonyl (C=O) groups excluding carboxylic acids is 3. The van der Waals surface area contributed by atoms with E-state index in [1.807, 2.05) is 24.5 Å². The van der Waals surface area contributed by atoms with E-state index in [9.17, 15) is 14.4 Å². The minimum absolute atomic E-state index is 0.0471. The Labute approximate surface area is 204 Å². The summed E-state index contributed by atoms with van der Waals surface area (Å²) in [7, 11) is 2.66. The number of carbonyl (C=O) groups is 3. The molecule has 33 heavy (non-hydrogen) atoms. The van der Waals surface area contributed by atoms with Gasteiger partial charge in [-0.15, -0.1) is 11.8 Å². The molecule has 0 spiro atoms. The SMILES string of the molecule is CON=C(C(=O)OC)c1ccccc1CSC12C(=O)N(CCC(C)C)C(=O)C1C2(C)CSC. The predicted octanol–water partition coefficient (Wildman–Crippen LogP) is 3.60. The van der Waals surface area contributed by atoms with Crippen LogP contribution in [0.4, 0.5) is 0 Å². The van der Waals surface area contributed by atoms with E-state index in [2.05, 4.69) is 25.9 Å². The lowest BCUT2D eigenvalue weighted by Gasteiger charge is -2.27. The summed E-state index contributed by atoms with van der Waals surface area (Å²) < 4.78 is 4.10. The summed E-state index contributed by atoms with van der Waals surface area (Å²) >= 11 is 3.17. The summed E-state index contributed by atoms with van der Waals surface area (Å²) in [5.74, 6) is 0.559. The highest BCUT2D eigenvalue weighted by molar-refractivity contribution is 8.01. The summed E-state index contributed by atoms with van der Waals surface area (Å²) in [6.45, 7) is 6.69. The Hall–Kier alpha value is -2.00. The van der Waals surface area contributed by atoms with Gasteiger partial charge in [0.2, 0.25) is 11.8 Å². The Morgan fingerprint density at radius 2 is 1.94 bits per heavy atom. The smallest absolute Gasteiger partial charge is 0.360 e. The molecule has 3 rings (SSSR count). The number of rotatable bonds is 11. The number of thioether (sulfide) groups is 2. The van der Waals surface area contributed by atoms with Crippen molar-refractivity contribution in [3.63, 3.8) is 0 Å². The molecule has 1 aliphatic carbocycles. The van der Waals surface area contributed by atoms with Crippen molar-refractivity contribution in [2.24, 2.45) is 22.4 Å². The van der Waals surface area contributed by atoms with Crippen LogP contribution < -0.4 is 0 Å².